The van der Waals surface area contributed by atoms with E-state index in [-0.39, 0.29) is 42.6 Å². The molecule has 8 N–H and O–H groups in total. The molecule has 322 valence electrons. The number of rotatable bonds is 24. The van der Waals surface area contributed by atoms with Crippen LogP contribution in [0.15, 0.2) is 73.3 Å². The molecule has 4 aromatic rings. The van der Waals surface area contributed by atoms with E-state index in [1.54, 1.807) is 61.8 Å². The Morgan fingerprint density at radius 1 is 0.557 bits per heavy atom. The quantitative estimate of drug-likeness (QED) is 0.0503. The van der Waals surface area contributed by atoms with E-state index in [4.69, 9.17) is 5.73 Å². The SMILES string of the molecule is CC(=O)N[C@@H](C)C(=O)NCc1ccnc(-c2cc(C(=O)NCCCCCC(=O)NCCCCCC(=O)NCc3ccnc(-c4cc(C(=O)NCC(N)=O)ccn4)c3)ccn2)c1. The third-order valence-electron chi connectivity index (χ3n) is 9.18. The number of primary amides is 1. The number of amides is 7. The first-order valence-electron chi connectivity index (χ1n) is 20.1. The second-order valence-corrected chi connectivity index (χ2v) is 14.3. The molecule has 0 aromatic carbocycles. The van der Waals surface area contributed by atoms with Crippen molar-refractivity contribution in [1.82, 2.24) is 51.8 Å². The average Bonchev–Trinajstić information content (AvgIpc) is 3.26. The van der Waals surface area contributed by atoms with Crippen LogP contribution in [0.25, 0.3) is 22.8 Å². The second-order valence-electron chi connectivity index (χ2n) is 14.3. The van der Waals surface area contributed by atoms with E-state index < -0.39 is 17.9 Å². The maximum Gasteiger partial charge on any atom is 0.251 e. The molecule has 0 aliphatic heterocycles. The van der Waals surface area contributed by atoms with Gasteiger partial charge in [-0.05, 0) is 92.3 Å². The summed E-state index contributed by atoms with van der Waals surface area (Å²) in [6.07, 6.45) is 11.3. The van der Waals surface area contributed by atoms with Crippen LogP contribution >= 0.6 is 0 Å². The predicted molar refractivity (Wildman–Crippen MR) is 226 cm³/mol. The largest absolute Gasteiger partial charge is 0.368 e. The molecule has 18 heteroatoms. The number of nitrogens with zero attached hydrogens (tertiary/aromatic N) is 4. The minimum Gasteiger partial charge on any atom is -0.368 e. The molecule has 0 aliphatic rings. The standard InChI is InChI=1S/C43H53N11O7/c1-28(54-29(2)55)41(59)52-26-31-12-18-46-35(22-31)36-23-32(13-19-47-36)42(60)50-16-8-4-5-9-39(57)49-15-7-3-6-10-40(58)51-25-30-11-17-45-34(21-30)37-24-33(14-20-48-37)43(61)53-27-38(44)56/h11-14,17-24,28H,3-10,15-16,25-27H2,1-2H3,(H2,44,56)(H,49,57)(H,50,60)(H,51,58)(H,52,59)(H,53,61)(H,54,55)/t28-/m0/s1. The number of unbranched alkanes of at least 4 members (excludes halogenated alkanes) is 4. The van der Waals surface area contributed by atoms with Crippen LogP contribution in [-0.2, 0) is 37.1 Å². The molecule has 7 amide bonds. The van der Waals surface area contributed by atoms with Gasteiger partial charge in [-0.25, -0.2) is 0 Å². The van der Waals surface area contributed by atoms with Crippen molar-refractivity contribution in [3.8, 4) is 22.8 Å². The van der Waals surface area contributed by atoms with Gasteiger partial charge in [-0.15, -0.1) is 0 Å². The molecule has 4 rings (SSSR count). The van der Waals surface area contributed by atoms with Gasteiger partial charge in [0.25, 0.3) is 11.8 Å². The zero-order valence-corrected chi connectivity index (χ0v) is 34.4. The Bertz CT molecular complexity index is 2160. The van der Waals surface area contributed by atoms with Gasteiger partial charge >= 0.3 is 0 Å². The molecule has 0 saturated carbocycles. The minimum atomic E-state index is -0.665. The van der Waals surface area contributed by atoms with Gasteiger partial charge in [-0.3, -0.25) is 53.5 Å². The van der Waals surface area contributed by atoms with Gasteiger partial charge in [0.05, 0.1) is 29.3 Å². The molecule has 1 atom stereocenters. The summed E-state index contributed by atoms with van der Waals surface area (Å²) in [6.45, 7) is 4.18. The monoisotopic (exact) mass is 835 g/mol. The van der Waals surface area contributed by atoms with Crippen LogP contribution in [0.4, 0.5) is 0 Å². The van der Waals surface area contributed by atoms with E-state index >= 15 is 0 Å². The molecular weight excluding hydrogens is 783 g/mol. The molecular formula is C43H53N11O7. The van der Waals surface area contributed by atoms with Gasteiger partial charge in [0.2, 0.25) is 29.5 Å². The number of aromatic nitrogens is 4. The lowest BCUT2D eigenvalue weighted by Crippen LogP contribution is -2.43. The fraction of sp³-hybridized carbons (Fsp3) is 0.372. The van der Waals surface area contributed by atoms with Gasteiger partial charge in [-0.2, -0.15) is 0 Å². The van der Waals surface area contributed by atoms with Gasteiger partial charge < -0.3 is 37.6 Å². The summed E-state index contributed by atoms with van der Waals surface area (Å²) in [5, 5.41) is 16.5. The van der Waals surface area contributed by atoms with Crippen molar-refractivity contribution in [2.75, 3.05) is 19.6 Å². The molecule has 0 bridgehead atoms. The van der Waals surface area contributed by atoms with E-state index in [0.717, 1.165) is 30.4 Å². The smallest absolute Gasteiger partial charge is 0.251 e. The number of nitrogens with one attached hydrogen (secondary N) is 6. The molecule has 0 radical (unpaired) electrons. The maximum absolute atomic E-state index is 12.8. The zero-order valence-electron chi connectivity index (χ0n) is 34.4. The minimum absolute atomic E-state index is 0.0318. The highest BCUT2D eigenvalue weighted by atomic mass is 16.2. The molecule has 0 saturated heterocycles. The molecule has 61 heavy (non-hydrogen) atoms. The van der Waals surface area contributed by atoms with E-state index in [1.165, 1.54) is 25.4 Å². The van der Waals surface area contributed by atoms with Crippen molar-refractivity contribution >= 4 is 41.4 Å². The van der Waals surface area contributed by atoms with Crippen molar-refractivity contribution in [3.05, 3.63) is 95.6 Å². The van der Waals surface area contributed by atoms with Crippen LogP contribution in [0.5, 0.6) is 0 Å². The summed E-state index contributed by atoms with van der Waals surface area (Å²) in [7, 11) is 0. The van der Waals surface area contributed by atoms with Crippen LogP contribution in [0.1, 0.15) is 97.1 Å². The zero-order chi connectivity index (χ0) is 44.0. The van der Waals surface area contributed by atoms with Crippen LogP contribution in [0, 0.1) is 0 Å². The first-order valence-corrected chi connectivity index (χ1v) is 20.1. The lowest BCUT2D eigenvalue weighted by Gasteiger charge is -2.13. The number of pyridine rings is 4. The first-order chi connectivity index (χ1) is 29.4. The average molecular weight is 836 g/mol. The Morgan fingerprint density at radius 2 is 1.02 bits per heavy atom. The van der Waals surface area contributed by atoms with Crippen molar-refractivity contribution in [1.29, 1.82) is 0 Å². The lowest BCUT2D eigenvalue weighted by molar-refractivity contribution is -0.127. The molecule has 0 spiro atoms. The fourth-order valence-electron chi connectivity index (χ4n) is 5.94. The topological polar surface area (TPSA) is 269 Å². The molecule has 18 nitrogen and oxygen atoms in total. The highest BCUT2D eigenvalue weighted by Crippen LogP contribution is 2.18. The lowest BCUT2D eigenvalue weighted by atomic mass is 10.1. The van der Waals surface area contributed by atoms with Crippen LogP contribution in [-0.4, -0.2) is 87.0 Å². The molecule has 4 aromatic heterocycles. The number of nitrogens with two attached hydrogens (primary N) is 1. The van der Waals surface area contributed by atoms with Crippen LogP contribution < -0.4 is 37.6 Å². The first kappa shape index (κ1) is 46.6. The Morgan fingerprint density at radius 3 is 1.54 bits per heavy atom. The van der Waals surface area contributed by atoms with Gasteiger partial charge in [-0.1, -0.05) is 12.8 Å². The summed E-state index contributed by atoms with van der Waals surface area (Å²) in [5.41, 5.74) is 9.45. The second kappa shape index (κ2) is 24.7. The summed E-state index contributed by atoms with van der Waals surface area (Å²) in [6, 6.07) is 12.8. The van der Waals surface area contributed by atoms with E-state index in [0.29, 0.717) is 85.6 Å². The summed E-state index contributed by atoms with van der Waals surface area (Å²) in [4.78, 5) is 102. The third-order valence-corrected chi connectivity index (χ3v) is 9.18. The highest BCUT2D eigenvalue weighted by Gasteiger charge is 2.15. The van der Waals surface area contributed by atoms with Gasteiger partial charge in [0.15, 0.2) is 0 Å². The Balaban J connectivity index is 1.04. The molecule has 0 unspecified atom stereocenters. The Hall–Kier alpha value is -7.11. The van der Waals surface area contributed by atoms with Crippen LogP contribution in [0.3, 0.4) is 0 Å². The van der Waals surface area contributed by atoms with Gasteiger partial charge in [0.1, 0.15) is 6.04 Å². The van der Waals surface area contributed by atoms with E-state index in [9.17, 15) is 33.6 Å². The van der Waals surface area contributed by atoms with E-state index in [1.807, 2.05) is 0 Å². The number of carbonyl (C=O) groups is 7. The van der Waals surface area contributed by atoms with Crippen molar-refractivity contribution in [2.45, 2.75) is 84.3 Å². The van der Waals surface area contributed by atoms with Crippen molar-refractivity contribution < 1.29 is 33.6 Å². The summed E-state index contributed by atoms with van der Waals surface area (Å²) >= 11 is 0. The van der Waals surface area contributed by atoms with Gasteiger partial charge in [0, 0.05) is 81.9 Å². The summed E-state index contributed by atoms with van der Waals surface area (Å²) < 4.78 is 0. The number of hydrogen-bond acceptors (Lipinski definition) is 11. The number of hydrogen-bond donors (Lipinski definition) is 7. The normalized spacial score (nSPS) is 11.1. The third kappa shape index (κ3) is 17.0. The number of carbonyl (C=O) groups excluding carboxylic acids is 7. The molecule has 0 aliphatic carbocycles. The summed E-state index contributed by atoms with van der Waals surface area (Å²) in [5.74, 6) is -2.09. The predicted octanol–water partition coefficient (Wildman–Crippen LogP) is 2.24. The van der Waals surface area contributed by atoms with E-state index in [2.05, 4.69) is 51.8 Å². The van der Waals surface area contributed by atoms with Crippen molar-refractivity contribution in [3.63, 3.8) is 0 Å². The van der Waals surface area contributed by atoms with Crippen LogP contribution in [0.2, 0.25) is 0 Å². The highest BCUT2D eigenvalue weighted by molar-refractivity contribution is 5.97. The Labute approximate surface area is 354 Å². The maximum atomic E-state index is 12.8. The fourth-order valence-corrected chi connectivity index (χ4v) is 5.94. The molecule has 0 fully saturated rings. The molecule has 4 heterocycles. The Kier molecular flexibility index (Phi) is 18.9. The van der Waals surface area contributed by atoms with Crippen molar-refractivity contribution in [2.24, 2.45) is 5.73 Å².